The third-order valence-electron chi connectivity index (χ3n) is 4.13. The Labute approximate surface area is 162 Å². The van der Waals surface area contributed by atoms with E-state index in [0.29, 0.717) is 28.8 Å². The van der Waals surface area contributed by atoms with E-state index in [1.54, 1.807) is 32.4 Å². The first-order valence-electron chi connectivity index (χ1n) is 8.49. The van der Waals surface area contributed by atoms with Crippen molar-refractivity contribution in [2.24, 2.45) is 0 Å². The predicted octanol–water partition coefficient (Wildman–Crippen LogP) is 3.03. The Hall–Kier alpha value is -3.55. The third kappa shape index (κ3) is 4.22. The number of carbonyl (C=O) groups is 1. The summed E-state index contributed by atoms with van der Waals surface area (Å²) in [5, 5.41) is 3.98. The van der Waals surface area contributed by atoms with Crippen LogP contribution in [0.25, 0.3) is 11.4 Å². The SMILES string of the molecule is COc1ccc(-c2noc(CN(C)C(=O)c3cc(OC)cc(OC)c3)n2)cc1. The van der Waals surface area contributed by atoms with Crippen LogP contribution >= 0.6 is 0 Å². The molecule has 8 heteroatoms. The predicted molar refractivity (Wildman–Crippen MR) is 102 cm³/mol. The highest BCUT2D eigenvalue weighted by molar-refractivity contribution is 5.94. The van der Waals surface area contributed by atoms with Crippen molar-refractivity contribution < 1.29 is 23.5 Å². The van der Waals surface area contributed by atoms with Gasteiger partial charge in [0.05, 0.1) is 27.9 Å². The molecule has 0 aliphatic rings. The van der Waals surface area contributed by atoms with Crippen molar-refractivity contribution in [3.63, 3.8) is 0 Å². The van der Waals surface area contributed by atoms with Crippen molar-refractivity contribution >= 4 is 5.91 Å². The van der Waals surface area contributed by atoms with Crippen LogP contribution in [-0.4, -0.2) is 49.3 Å². The standard InChI is InChI=1S/C20H21N3O5/c1-23(20(24)14-9-16(26-3)11-17(10-14)27-4)12-18-21-19(22-28-18)13-5-7-15(25-2)8-6-13/h5-11H,12H2,1-4H3. The van der Waals surface area contributed by atoms with Gasteiger partial charge < -0.3 is 23.6 Å². The van der Waals surface area contributed by atoms with Crippen molar-refractivity contribution in [1.82, 2.24) is 15.0 Å². The van der Waals surface area contributed by atoms with Crippen molar-refractivity contribution in [2.45, 2.75) is 6.54 Å². The van der Waals surface area contributed by atoms with Crippen LogP contribution in [0.4, 0.5) is 0 Å². The summed E-state index contributed by atoms with van der Waals surface area (Å²) < 4.78 is 20.9. The maximum absolute atomic E-state index is 12.7. The Kier molecular flexibility index (Phi) is 5.78. The van der Waals surface area contributed by atoms with Crippen LogP contribution in [0.15, 0.2) is 47.0 Å². The van der Waals surface area contributed by atoms with Gasteiger partial charge in [-0.1, -0.05) is 5.16 Å². The van der Waals surface area contributed by atoms with E-state index in [1.807, 2.05) is 24.3 Å². The van der Waals surface area contributed by atoms with Crippen molar-refractivity contribution in [3.8, 4) is 28.6 Å². The maximum Gasteiger partial charge on any atom is 0.254 e. The highest BCUT2D eigenvalue weighted by atomic mass is 16.5. The smallest absolute Gasteiger partial charge is 0.254 e. The van der Waals surface area contributed by atoms with E-state index in [-0.39, 0.29) is 12.5 Å². The van der Waals surface area contributed by atoms with Crippen molar-refractivity contribution in [3.05, 3.63) is 53.9 Å². The van der Waals surface area contributed by atoms with E-state index >= 15 is 0 Å². The molecule has 3 rings (SSSR count). The van der Waals surface area contributed by atoms with Gasteiger partial charge in [-0.3, -0.25) is 4.79 Å². The summed E-state index contributed by atoms with van der Waals surface area (Å²) in [5.41, 5.74) is 1.23. The van der Waals surface area contributed by atoms with Crippen LogP contribution in [0, 0.1) is 0 Å². The van der Waals surface area contributed by atoms with Crippen LogP contribution in [-0.2, 0) is 6.54 Å². The fourth-order valence-electron chi connectivity index (χ4n) is 2.60. The highest BCUT2D eigenvalue weighted by Gasteiger charge is 2.18. The number of rotatable bonds is 7. The van der Waals surface area contributed by atoms with Gasteiger partial charge in [0.15, 0.2) is 0 Å². The molecule has 0 saturated carbocycles. The van der Waals surface area contributed by atoms with E-state index in [0.717, 1.165) is 11.3 Å². The van der Waals surface area contributed by atoms with Crippen molar-refractivity contribution in [1.29, 1.82) is 0 Å². The van der Waals surface area contributed by atoms with Gasteiger partial charge in [0.25, 0.3) is 5.91 Å². The number of methoxy groups -OCH3 is 3. The Morgan fingerprint density at radius 1 is 0.964 bits per heavy atom. The van der Waals surface area contributed by atoms with Crippen LogP contribution in [0.1, 0.15) is 16.2 Å². The Bertz CT molecular complexity index is 930. The molecule has 0 fully saturated rings. The lowest BCUT2D eigenvalue weighted by Crippen LogP contribution is -2.26. The number of amides is 1. The largest absolute Gasteiger partial charge is 0.497 e. The van der Waals surface area contributed by atoms with E-state index in [9.17, 15) is 4.79 Å². The zero-order chi connectivity index (χ0) is 20.1. The second-order valence-electron chi connectivity index (χ2n) is 6.00. The summed E-state index contributed by atoms with van der Waals surface area (Å²) in [7, 11) is 6.33. The molecular formula is C20H21N3O5. The number of ether oxygens (including phenoxy) is 3. The molecule has 0 aliphatic heterocycles. The topological polar surface area (TPSA) is 86.9 Å². The maximum atomic E-state index is 12.7. The van der Waals surface area contributed by atoms with E-state index in [1.165, 1.54) is 19.1 Å². The van der Waals surface area contributed by atoms with E-state index < -0.39 is 0 Å². The monoisotopic (exact) mass is 383 g/mol. The Morgan fingerprint density at radius 3 is 2.14 bits per heavy atom. The molecule has 1 aromatic heterocycles. The quantitative estimate of drug-likeness (QED) is 0.620. The van der Waals surface area contributed by atoms with Crippen LogP contribution in [0.3, 0.4) is 0 Å². The Morgan fingerprint density at radius 2 is 1.57 bits per heavy atom. The van der Waals surface area contributed by atoms with Gasteiger partial charge in [-0.05, 0) is 36.4 Å². The fraction of sp³-hybridized carbons (Fsp3) is 0.250. The first kappa shape index (κ1) is 19.2. The molecule has 0 atom stereocenters. The average molecular weight is 383 g/mol. The lowest BCUT2D eigenvalue weighted by molar-refractivity contribution is 0.0769. The minimum Gasteiger partial charge on any atom is -0.497 e. The summed E-state index contributed by atoms with van der Waals surface area (Å²) in [5.74, 6) is 2.37. The lowest BCUT2D eigenvalue weighted by atomic mass is 10.1. The molecule has 0 unspecified atom stereocenters. The number of hydrogen-bond donors (Lipinski definition) is 0. The molecule has 28 heavy (non-hydrogen) atoms. The normalized spacial score (nSPS) is 10.4. The number of hydrogen-bond acceptors (Lipinski definition) is 7. The lowest BCUT2D eigenvalue weighted by Gasteiger charge is -2.16. The molecule has 0 radical (unpaired) electrons. The number of carbonyl (C=O) groups excluding carboxylic acids is 1. The second-order valence-corrected chi connectivity index (χ2v) is 6.00. The summed E-state index contributed by atoms with van der Waals surface area (Å²) in [6.07, 6.45) is 0. The highest BCUT2D eigenvalue weighted by Crippen LogP contribution is 2.24. The first-order chi connectivity index (χ1) is 13.5. The molecule has 0 aliphatic carbocycles. The van der Waals surface area contributed by atoms with Gasteiger partial charge in [0.1, 0.15) is 17.2 Å². The average Bonchev–Trinajstić information content (AvgIpc) is 3.21. The van der Waals surface area contributed by atoms with Gasteiger partial charge in [-0.25, -0.2) is 0 Å². The molecule has 0 N–H and O–H groups in total. The van der Waals surface area contributed by atoms with Gasteiger partial charge in [0, 0.05) is 24.2 Å². The summed E-state index contributed by atoms with van der Waals surface area (Å²) >= 11 is 0. The molecule has 1 amide bonds. The third-order valence-corrected chi connectivity index (χ3v) is 4.13. The molecule has 2 aromatic carbocycles. The molecule has 1 heterocycles. The summed E-state index contributed by atoms with van der Waals surface area (Å²) in [6, 6.07) is 12.3. The van der Waals surface area contributed by atoms with Crippen LogP contribution in [0.2, 0.25) is 0 Å². The minimum atomic E-state index is -0.221. The van der Waals surface area contributed by atoms with Gasteiger partial charge in [-0.15, -0.1) is 0 Å². The number of benzene rings is 2. The minimum absolute atomic E-state index is 0.168. The van der Waals surface area contributed by atoms with Crippen LogP contribution in [0.5, 0.6) is 17.2 Å². The second kappa shape index (κ2) is 8.43. The molecule has 0 bridgehead atoms. The Balaban J connectivity index is 1.73. The molecule has 146 valence electrons. The molecule has 0 saturated heterocycles. The van der Waals surface area contributed by atoms with Crippen molar-refractivity contribution in [2.75, 3.05) is 28.4 Å². The molecule has 3 aromatic rings. The molecule has 0 spiro atoms. The number of aromatic nitrogens is 2. The number of nitrogens with zero attached hydrogens (tertiary/aromatic N) is 3. The van der Waals surface area contributed by atoms with E-state index in [4.69, 9.17) is 18.7 Å². The van der Waals surface area contributed by atoms with Gasteiger partial charge in [0.2, 0.25) is 11.7 Å². The fourth-order valence-corrected chi connectivity index (χ4v) is 2.60. The summed E-state index contributed by atoms with van der Waals surface area (Å²) in [4.78, 5) is 18.6. The summed E-state index contributed by atoms with van der Waals surface area (Å²) in [6.45, 7) is 0.168. The van der Waals surface area contributed by atoms with Crippen LogP contribution < -0.4 is 14.2 Å². The first-order valence-corrected chi connectivity index (χ1v) is 8.49. The molecular weight excluding hydrogens is 362 g/mol. The molecule has 8 nitrogen and oxygen atoms in total. The zero-order valence-corrected chi connectivity index (χ0v) is 16.1. The zero-order valence-electron chi connectivity index (χ0n) is 16.1. The van der Waals surface area contributed by atoms with E-state index in [2.05, 4.69) is 10.1 Å². The van der Waals surface area contributed by atoms with Gasteiger partial charge >= 0.3 is 0 Å². The van der Waals surface area contributed by atoms with Gasteiger partial charge in [-0.2, -0.15) is 4.98 Å².